The molecule has 0 unspecified atom stereocenters. The third kappa shape index (κ3) is 20.2. The van der Waals surface area contributed by atoms with E-state index >= 15 is 0 Å². The molecule has 1 rings (SSSR count). The molecule has 38 heavy (non-hydrogen) atoms. The van der Waals surface area contributed by atoms with Gasteiger partial charge in [0.15, 0.2) is 0 Å². The van der Waals surface area contributed by atoms with Crippen molar-refractivity contribution in [1.29, 1.82) is 0 Å². The number of aryl methyl sites for hydroxylation is 2. The smallest absolute Gasteiger partial charge is 0.234 e. The van der Waals surface area contributed by atoms with Crippen molar-refractivity contribution >= 4 is 0 Å². The van der Waals surface area contributed by atoms with Crippen LogP contribution in [-0.2, 0) is 19.5 Å². The Bertz CT molecular complexity index is 590. The van der Waals surface area contributed by atoms with Gasteiger partial charge in [-0.15, -0.1) is 0 Å². The molecule has 0 spiro atoms. The summed E-state index contributed by atoms with van der Waals surface area (Å²) < 4.78 is 5.21. The van der Waals surface area contributed by atoms with E-state index in [2.05, 4.69) is 42.3 Å². The van der Waals surface area contributed by atoms with Crippen LogP contribution in [0.5, 0.6) is 0 Å². The van der Waals surface area contributed by atoms with Crippen LogP contribution in [0.3, 0.4) is 0 Å². The van der Waals surface area contributed by atoms with Crippen LogP contribution in [0, 0.1) is 0 Å². The highest BCUT2D eigenvalue weighted by molar-refractivity contribution is 4.84. The van der Waals surface area contributed by atoms with E-state index in [1.807, 2.05) is 0 Å². The Morgan fingerprint density at radius 1 is 0.447 bits per heavy atom. The standard InChI is InChI=1S/C36H71N2/c1-4-7-10-13-15-16-17-18-19-20-21-22-23-24-27-30-33-38-35-34-37(32-29-26-12-9-6-3)36(38)31-28-25-14-11-8-5-2/h34-35H,4-33H2,1-3H3/q+1. The molecule has 0 radical (unpaired) electrons. The number of rotatable bonds is 30. The molecular weight excluding hydrogens is 460 g/mol. The molecule has 0 aromatic carbocycles. The molecule has 0 saturated carbocycles. The van der Waals surface area contributed by atoms with Gasteiger partial charge in [0.25, 0.3) is 5.82 Å². The van der Waals surface area contributed by atoms with Gasteiger partial charge in [-0.1, -0.05) is 162 Å². The predicted molar refractivity (Wildman–Crippen MR) is 170 cm³/mol. The quantitative estimate of drug-likeness (QED) is 0.0689. The van der Waals surface area contributed by atoms with E-state index in [0.717, 1.165) is 0 Å². The summed E-state index contributed by atoms with van der Waals surface area (Å²) in [5, 5.41) is 0. The average molecular weight is 532 g/mol. The molecule has 0 atom stereocenters. The molecule has 1 heterocycles. The third-order valence-corrected chi connectivity index (χ3v) is 8.60. The molecule has 0 aliphatic heterocycles. The summed E-state index contributed by atoms with van der Waals surface area (Å²) in [4.78, 5) is 0. The second-order valence-electron chi connectivity index (χ2n) is 12.3. The van der Waals surface area contributed by atoms with E-state index in [-0.39, 0.29) is 0 Å². The molecule has 2 nitrogen and oxygen atoms in total. The molecule has 0 aliphatic carbocycles. The van der Waals surface area contributed by atoms with Crippen molar-refractivity contribution in [1.82, 2.24) is 4.57 Å². The summed E-state index contributed by atoms with van der Waals surface area (Å²) in [6.07, 6.45) is 44.5. The van der Waals surface area contributed by atoms with E-state index in [4.69, 9.17) is 0 Å². The van der Waals surface area contributed by atoms with Gasteiger partial charge >= 0.3 is 0 Å². The monoisotopic (exact) mass is 532 g/mol. The Labute approximate surface area is 240 Å². The molecule has 0 saturated heterocycles. The first-order valence-corrected chi connectivity index (χ1v) is 17.9. The zero-order valence-corrected chi connectivity index (χ0v) is 26.8. The van der Waals surface area contributed by atoms with Crippen LogP contribution in [0.1, 0.15) is 200 Å². The van der Waals surface area contributed by atoms with Gasteiger partial charge in [0.1, 0.15) is 12.4 Å². The van der Waals surface area contributed by atoms with Crippen molar-refractivity contribution in [3.8, 4) is 0 Å². The molecule has 1 aromatic heterocycles. The highest BCUT2D eigenvalue weighted by Crippen LogP contribution is 2.15. The molecule has 2 heteroatoms. The van der Waals surface area contributed by atoms with Gasteiger partial charge < -0.3 is 0 Å². The summed E-state index contributed by atoms with van der Waals surface area (Å²) in [6, 6.07) is 0. The minimum absolute atomic E-state index is 1.22. The second-order valence-corrected chi connectivity index (χ2v) is 12.3. The van der Waals surface area contributed by atoms with Crippen LogP contribution >= 0.6 is 0 Å². The fourth-order valence-corrected chi connectivity index (χ4v) is 5.97. The van der Waals surface area contributed by atoms with Crippen LogP contribution < -0.4 is 4.57 Å². The van der Waals surface area contributed by atoms with Crippen LogP contribution in [-0.4, -0.2) is 4.57 Å². The minimum atomic E-state index is 1.22. The Hall–Kier alpha value is -0.790. The molecular formula is C36H71N2+. The van der Waals surface area contributed by atoms with E-state index in [0.29, 0.717) is 0 Å². The van der Waals surface area contributed by atoms with Gasteiger partial charge in [0, 0.05) is 6.42 Å². The van der Waals surface area contributed by atoms with E-state index in [9.17, 15) is 0 Å². The lowest BCUT2D eigenvalue weighted by Crippen LogP contribution is -2.37. The Kier molecular flexibility index (Phi) is 25.7. The highest BCUT2D eigenvalue weighted by Gasteiger charge is 2.16. The van der Waals surface area contributed by atoms with Crippen molar-refractivity contribution in [2.24, 2.45) is 0 Å². The number of imidazole rings is 1. The van der Waals surface area contributed by atoms with E-state index < -0.39 is 0 Å². The lowest BCUT2D eigenvalue weighted by molar-refractivity contribution is -0.704. The Morgan fingerprint density at radius 3 is 1.26 bits per heavy atom. The maximum atomic E-state index is 2.61. The summed E-state index contributed by atoms with van der Waals surface area (Å²) in [6.45, 7) is 9.39. The first-order valence-electron chi connectivity index (χ1n) is 17.9. The Morgan fingerprint density at radius 2 is 0.816 bits per heavy atom. The van der Waals surface area contributed by atoms with Gasteiger partial charge in [0.05, 0.1) is 13.1 Å². The van der Waals surface area contributed by atoms with Crippen molar-refractivity contribution in [2.45, 2.75) is 214 Å². The zero-order valence-electron chi connectivity index (χ0n) is 26.8. The zero-order chi connectivity index (χ0) is 27.4. The lowest BCUT2D eigenvalue weighted by atomic mass is 10.0. The normalized spacial score (nSPS) is 11.6. The van der Waals surface area contributed by atoms with Crippen LogP contribution in [0.25, 0.3) is 0 Å². The number of unbranched alkanes of at least 4 members (excludes halogenated alkanes) is 24. The van der Waals surface area contributed by atoms with E-state index in [1.54, 1.807) is 5.82 Å². The van der Waals surface area contributed by atoms with Crippen LogP contribution in [0.2, 0.25) is 0 Å². The van der Waals surface area contributed by atoms with Gasteiger partial charge in [-0.2, -0.15) is 0 Å². The molecule has 0 amide bonds. The highest BCUT2D eigenvalue weighted by atomic mass is 15.1. The topological polar surface area (TPSA) is 8.81 Å². The number of hydrogen-bond acceptors (Lipinski definition) is 0. The summed E-state index contributed by atoms with van der Waals surface area (Å²) in [5.74, 6) is 1.61. The van der Waals surface area contributed by atoms with Crippen molar-refractivity contribution < 1.29 is 4.57 Å². The number of aromatic nitrogens is 2. The lowest BCUT2D eigenvalue weighted by Gasteiger charge is -2.07. The second kappa shape index (κ2) is 27.8. The fraction of sp³-hybridized carbons (Fsp3) is 0.917. The number of hydrogen-bond donors (Lipinski definition) is 0. The van der Waals surface area contributed by atoms with Gasteiger partial charge in [-0.25, -0.2) is 9.13 Å². The van der Waals surface area contributed by atoms with Crippen LogP contribution in [0.15, 0.2) is 12.4 Å². The predicted octanol–water partition coefficient (Wildman–Crippen LogP) is 11.9. The van der Waals surface area contributed by atoms with Crippen molar-refractivity contribution in [3.63, 3.8) is 0 Å². The molecule has 1 aromatic rings. The van der Waals surface area contributed by atoms with Crippen LogP contribution in [0.4, 0.5) is 0 Å². The molecule has 0 fully saturated rings. The van der Waals surface area contributed by atoms with Crippen molar-refractivity contribution in [3.05, 3.63) is 18.2 Å². The maximum Gasteiger partial charge on any atom is 0.256 e. The van der Waals surface area contributed by atoms with Gasteiger partial charge in [-0.05, 0) is 32.1 Å². The summed E-state index contributed by atoms with van der Waals surface area (Å²) in [5.41, 5.74) is 0. The average Bonchev–Trinajstić information content (AvgIpc) is 3.31. The van der Waals surface area contributed by atoms with Gasteiger partial charge in [-0.3, -0.25) is 0 Å². The largest absolute Gasteiger partial charge is 0.256 e. The third-order valence-electron chi connectivity index (χ3n) is 8.60. The van der Waals surface area contributed by atoms with Gasteiger partial charge in [0.2, 0.25) is 0 Å². The fourth-order valence-electron chi connectivity index (χ4n) is 5.97. The number of nitrogens with zero attached hydrogens (tertiary/aromatic N) is 2. The SMILES string of the molecule is CCCCCCCCCCCCCCCCCCn1cc[n+](CCCCCCC)c1CCCCCCCC. The first kappa shape index (κ1) is 35.2. The van der Waals surface area contributed by atoms with E-state index in [1.165, 1.54) is 193 Å². The molecule has 224 valence electrons. The first-order chi connectivity index (χ1) is 18.8. The molecule has 0 bridgehead atoms. The maximum absolute atomic E-state index is 2.61. The Balaban J connectivity index is 2.16. The van der Waals surface area contributed by atoms with Crippen molar-refractivity contribution in [2.75, 3.05) is 0 Å². The summed E-state index contributed by atoms with van der Waals surface area (Å²) in [7, 11) is 0. The molecule has 0 N–H and O–H groups in total. The minimum Gasteiger partial charge on any atom is -0.234 e. The molecule has 0 aliphatic rings. The summed E-state index contributed by atoms with van der Waals surface area (Å²) >= 11 is 0.